The Kier molecular flexibility index (Phi) is 5.42. The second-order valence-corrected chi connectivity index (χ2v) is 7.72. The van der Waals surface area contributed by atoms with Crippen LogP contribution < -0.4 is 0 Å². The van der Waals surface area contributed by atoms with Crippen molar-refractivity contribution in [3.05, 3.63) is 71.5 Å². The number of hydrogen-bond donors (Lipinski definition) is 0. The number of rotatable bonds is 5. The topological polar surface area (TPSA) is 40.6 Å². The number of carbonyl (C=O) groups is 2. The van der Waals surface area contributed by atoms with Gasteiger partial charge in [0.05, 0.1) is 12.0 Å². The molecule has 2 atom stereocenters. The van der Waals surface area contributed by atoms with Gasteiger partial charge >= 0.3 is 0 Å². The van der Waals surface area contributed by atoms with Gasteiger partial charge in [0.15, 0.2) is 0 Å². The lowest BCUT2D eigenvalue weighted by atomic mass is 10.0. The molecule has 0 saturated carbocycles. The lowest BCUT2D eigenvalue weighted by molar-refractivity contribution is -0.136. The molecule has 5 heteroatoms. The molecule has 2 unspecified atom stereocenters. The Balaban J connectivity index is 1.39. The fourth-order valence-corrected chi connectivity index (χ4v) is 4.36. The van der Waals surface area contributed by atoms with Crippen LogP contribution in [0.5, 0.6) is 0 Å². The van der Waals surface area contributed by atoms with Crippen molar-refractivity contribution in [1.82, 2.24) is 9.80 Å². The highest BCUT2D eigenvalue weighted by Gasteiger charge is 2.39. The van der Waals surface area contributed by atoms with Crippen molar-refractivity contribution in [2.24, 2.45) is 5.92 Å². The minimum atomic E-state index is -0.274. The summed E-state index contributed by atoms with van der Waals surface area (Å²) in [6, 6.07) is 16.5. The molecule has 0 aromatic heterocycles. The van der Waals surface area contributed by atoms with Crippen LogP contribution in [0.15, 0.2) is 54.6 Å². The molecule has 4 nitrogen and oxygen atoms in total. The molecule has 2 heterocycles. The van der Waals surface area contributed by atoms with Gasteiger partial charge in [-0.05, 0) is 42.5 Å². The van der Waals surface area contributed by atoms with E-state index in [1.165, 1.54) is 17.7 Å². The quantitative estimate of drug-likeness (QED) is 0.796. The zero-order chi connectivity index (χ0) is 19.5. The van der Waals surface area contributed by atoms with Crippen LogP contribution in [-0.4, -0.2) is 41.2 Å². The van der Waals surface area contributed by atoms with Gasteiger partial charge in [-0.25, -0.2) is 4.39 Å². The van der Waals surface area contributed by atoms with Gasteiger partial charge in [-0.15, -0.1) is 0 Å². The molecule has 2 saturated heterocycles. The number of nitrogens with zero attached hydrogens (tertiary/aromatic N) is 2. The number of hydrogen-bond acceptors (Lipinski definition) is 2. The maximum Gasteiger partial charge on any atom is 0.228 e. The van der Waals surface area contributed by atoms with Crippen molar-refractivity contribution in [3.63, 3.8) is 0 Å². The SMILES string of the molecule is O=C1CC(C(=O)N2CCCC2c2ccc(F)cc2)CN1CCc1ccccc1. The van der Waals surface area contributed by atoms with Crippen molar-refractivity contribution in [1.29, 1.82) is 0 Å². The molecule has 4 rings (SSSR count). The molecule has 0 bridgehead atoms. The Morgan fingerprint density at radius 2 is 1.82 bits per heavy atom. The van der Waals surface area contributed by atoms with Gasteiger partial charge in [-0.3, -0.25) is 9.59 Å². The molecule has 0 radical (unpaired) electrons. The highest BCUT2D eigenvalue weighted by atomic mass is 19.1. The van der Waals surface area contributed by atoms with Gasteiger partial charge in [0, 0.05) is 26.1 Å². The molecular weight excluding hydrogens is 355 g/mol. The van der Waals surface area contributed by atoms with E-state index in [1.807, 2.05) is 28.0 Å². The lowest BCUT2D eigenvalue weighted by Crippen LogP contribution is -2.37. The zero-order valence-corrected chi connectivity index (χ0v) is 15.9. The molecule has 2 fully saturated rings. The molecule has 0 N–H and O–H groups in total. The Labute approximate surface area is 164 Å². The first-order chi connectivity index (χ1) is 13.6. The summed E-state index contributed by atoms with van der Waals surface area (Å²) in [5.41, 5.74) is 2.17. The third-order valence-corrected chi connectivity index (χ3v) is 5.87. The van der Waals surface area contributed by atoms with Gasteiger partial charge in [0.2, 0.25) is 11.8 Å². The summed E-state index contributed by atoms with van der Waals surface area (Å²) in [4.78, 5) is 29.3. The summed E-state index contributed by atoms with van der Waals surface area (Å²) in [5.74, 6) is -0.423. The summed E-state index contributed by atoms with van der Waals surface area (Å²) in [6.07, 6.45) is 2.91. The van der Waals surface area contributed by atoms with E-state index in [4.69, 9.17) is 0 Å². The fraction of sp³-hybridized carbons (Fsp3) is 0.391. The van der Waals surface area contributed by atoms with Crippen molar-refractivity contribution in [3.8, 4) is 0 Å². The van der Waals surface area contributed by atoms with Gasteiger partial charge in [-0.1, -0.05) is 42.5 Å². The maximum absolute atomic E-state index is 13.2. The molecule has 28 heavy (non-hydrogen) atoms. The molecule has 2 aliphatic heterocycles. The van der Waals surface area contributed by atoms with Gasteiger partial charge in [-0.2, -0.15) is 0 Å². The summed E-state index contributed by atoms with van der Waals surface area (Å²) in [7, 11) is 0. The van der Waals surface area contributed by atoms with E-state index in [0.717, 1.165) is 24.8 Å². The molecule has 2 aromatic rings. The molecule has 146 valence electrons. The number of halogens is 1. The Morgan fingerprint density at radius 1 is 1.07 bits per heavy atom. The minimum Gasteiger partial charge on any atom is -0.342 e. The molecular formula is C23H25FN2O2. The highest BCUT2D eigenvalue weighted by Crippen LogP contribution is 2.34. The van der Waals surface area contributed by atoms with Crippen LogP contribution in [0, 0.1) is 11.7 Å². The van der Waals surface area contributed by atoms with Crippen LogP contribution >= 0.6 is 0 Å². The number of amides is 2. The van der Waals surface area contributed by atoms with E-state index >= 15 is 0 Å². The largest absolute Gasteiger partial charge is 0.342 e. The van der Waals surface area contributed by atoms with Crippen LogP contribution in [0.3, 0.4) is 0 Å². The predicted molar refractivity (Wildman–Crippen MR) is 105 cm³/mol. The average molecular weight is 380 g/mol. The van der Waals surface area contributed by atoms with Crippen LogP contribution in [0.2, 0.25) is 0 Å². The fourth-order valence-electron chi connectivity index (χ4n) is 4.36. The summed E-state index contributed by atoms with van der Waals surface area (Å²) < 4.78 is 13.2. The van der Waals surface area contributed by atoms with Crippen LogP contribution in [0.4, 0.5) is 4.39 Å². The molecule has 2 amide bonds. The van der Waals surface area contributed by atoms with Gasteiger partial charge in [0.1, 0.15) is 5.82 Å². The van der Waals surface area contributed by atoms with Gasteiger partial charge in [0.25, 0.3) is 0 Å². The Morgan fingerprint density at radius 3 is 2.57 bits per heavy atom. The van der Waals surface area contributed by atoms with E-state index in [1.54, 1.807) is 12.1 Å². The normalized spacial score (nSPS) is 22.1. The number of likely N-dealkylation sites (tertiary alicyclic amines) is 2. The highest BCUT2D eigenvalue weighted by molar-refractivity contribution is 5.89. The number of carbonyl (C=O) groups excluding carboxylic acids is 2. The standard InChI is InChI=1S/C23H25FN2O2/c24-20-10-8-18(9-11-20)21-7-4-13-26(21)23(28)19-15-22(27)25(16-19)14-12-17-5-2-1-3-6-17/h1-3,5-6,8-11,19,21H,4,7,12-16H2. The first kappa shape index (κ1) is 18.7. The summed E-state index contributed by atoms with van der Waals surface area (Å²) in [6.45, 7) is 1.85. The molecule has 0 spiro atoms. The summed E-state index contributed by atoms with van der Waals surface area (Å²) >= 11 is 0. The molecule has 2 aromatic carbocycles. The van der Waals surface area contributed by atoms with E-state index in [9.17, 15) is 14.0 Å². The average Bonchev–Trinajstić information content (AvgIpc) is 3.34. The first-order valence-electron chi connectivity index (χ1n) is 9.99. The van der Waals surface area contributed by atoms with Crippen molar-refractivity contribution in [2.75, 3.05) is 19.6 Å². The Hall–Kier alpha value is -2.69. The third kappa shape index (κ3) is 3.93. The predicted octanol–water partition coefficient (Wildman–Crippen LogP) is 3.58. The smallest absolute Gasteiger partial charge is 0.228 e. The lowest BCUT2D eigenvalue weighted by Gasteiger charge is -2.27. The zero-order valence-electron chi connectivity index (χ0n) is 15.9. The van der Waals surface area contributed by atoms with E-state index < -0.39 is 0 Å². The first-order valence-corrected chi connectivity index (χ1v) is 9.99. The minimum absolute atomic E-state index is 0.0124. The van der Waals surface area contributed by atoms with Crippen molar-refractivity contribution >= 4 is 11.8 Å². The van der Waals surface area contributed by atoms with Crippen molar-refractivity contribution < 1.29 is 14.0 Å². The molecule has 0 aliphatic carbocycles. The van der Waals surface area contributed by atoms with Crippen LogP contribution in [0.25, 0.3) is 0 Å². The van der Waals surface area contributed by atoms with E-state index in [-0.39, 0.29) is 29.6 Å². The monoisotopic (exact) mass is 380 g/mol. The molecule has 2 aliphatic rings. The van der Waals surface area contributed by atoms with Crippen LogP contribution in [0.1, 0.15) is 36.4 Å². The van der Waals surface area contributed by atoms with E-state index in [2.05, 4.69) is 12.1 Å². The second-order valence-electron chi connectivity index (χ2n) is 7.72. The summed E-state index contributed by atoms with van der Waals surface area (Å²) in [5, 5.41) is 0. The second kappa shape index (κ2) is 8.13. The van der Waals surface area contributed by atoms with Crippen molar-refractivity contribution in [2.45, 2.75) is 31.7 Å². The van der Waals surface area contributed by atoms with Gasteiger partial charge < -0.3 is 9.80 Å². The third-order valence-electron chi connectivity index (χ3n) is 5.87. The van der Waals surface area contributed by atoms with E-state index in [0.29, 0.717) is 26.1 Å². The maximum atomic E-state index is 13.2. The number of benzene rings is 2. The van der Waals surface area contributed by atoms with Crippen LogP contribution in [-0.2, 0) is 16.0 Å². The Bertz CT molecular complexity index is 837.